The summed E-state index contributed by atoms with van der Waals surface area (Å²) in [5, 5.41) is 3.10. The molecule has 1 aromatic carbocycles. The third-order valence-corrected chi connectivity index (χ3v) is 8.01. The number of hydrogen-bond acceptors (Lipinski definition) is 6. The van der Waals surface area contributed by atoms with Crippen molar-refractivity contribution in [3.63, 3.8) is 0 Å². The van der Waals surface area contributed by atoms with Gasteiger partial charge in [0.05, 0.1) is 12.2 Å². The molecule has 36 heavy (non-hydrogen) atoms. The van der Waals surface area contributed by atoms with E-state index in [2.05, 4.69) is 60.0 Å². The van der Waals surface area contributed by atoms with Gasteiger partial charge in [-0.25, -0.2) is 9.78 Å². The van der Waals surface area contributed by atoms with Crippen LogP contribution in [-0.4, -0.2) is 78.7 Å². The maximum Gasteiger partial charge on any atom is 0.322 e. The van der Waals surface area contributed by atoms with E-state index in [1.54, 1.807) is 0 Å². The van der Waals surface area contributed by atoms with Gasteiger partial charge in [0.15, 0.2) is 0 Å². The lowest BCUT2D eigenvalue weighted by molar-refractivity contribution is 0.206. The summed E-state index contributed by atoms with van der Waals surface area (Å²) in [5.41, 5.74) is 4.34. The zero-order valence-electron chi connectivity index (χ0n) is 22.3. The molecule has 4 heterocycles. The van der Waals surface area contributed by atoms with E-state index in [9.17, 15) is 4.79 Å². The Morgan fingerprint density at radius 3 is 2.31 bits per heavy atom. The highest BCUT2D eigenvalue weighted by Gasteiger charge is 2.30. The summed E-state index contributed by atoms with van der Waals surface area (Å²) in [6.45, 7) is 13.9. The van der Waals surface area contributed by atoms with E-state index in [1.165, 1.54) is 18.4 Å². The fourth-order valence-electron chi connectivity index (χ4n) is 5.34. The first-order valence-corrected chi connectivity index (χ1v) is 13.6. The first-order valence-electron chi connectivity index (χ1n) is 13.6. The van der Waals surface area contributed by atoms with Crippen LogP contribution in [0.3, 0.4) is 0 Å². The zero-order chi connectivity index (χ0) is 25.2. The number of nitrogens with zero attached hydrogens (tertiary/aromatic N) is 6. The van der Waals surface area contributed by atoms with Crippen molar-refractivity contribution < 1.29 is 4.79 Å². The first kappa shape index (κ1) is 24.8. The summed E-state index contributed by atoms with van der Waals surface area (Å²) in [6, 6.07) is 8.12. The number of benzene rings is 1. The molecular weight excluding hydrogens is 450 g/mol. The van der Waals surface area contributed by atoms with Crippen LogP contribution in [0.2, 0.25) is 0 Å². The summed E-state index contributed by atoms with van der Waals surface area (Å²) in [6.07, 6.45) is 3.12. The molecule has 0 spiro atoms. The van der Waals surface area contributed by atoms with Crippen molar-refractivity contribution in [3.05, 3.63) is 41.1 Å². The molecule has 0 bridgehead atoms. The van der Waals surface area contributed by atoms with E-state index in [1.807, 2.05) is 17.0 Å². The van der Waals surface area contributed by atoms with Gasteiger partial charge >= 0.3 is 6.03 Å². The summed E-state index contributed by atoms with van der Waals surface area (Å²) in [7, 11) is 2.17. The largest absolute Gasteiger partial charge is 0.356 e. The molecule has 2 fully saturated rings. The summed E-state index contributed by atoms with van der Waals surface area (Å²) >= 11 is 0. The van der Waals surface area contributed by atoms with Gasteiger partial charge < -0.3 is 24.9 Å². The molecule has 0 saturated carbocycles. The highest BCUT2D eigenvalue weighted by molar-refractivity contribution is 5.89. The number of likely N-dealkylation sites (N-methyl/N-ethyl adjacent to an activating group) is 1. The molecule has 8 heteroatoms. The number of aromatic nitrogens is 2. The number of urea groups is 1. The van der Waals surface area contributed by atoms with Gasteiger partial charge in [-0.3, -0.25) is 0 Å². The highest BCUT2D eigenvalue weighted by Crippen LogP contribution is 2.32. The quantitative estimate of drug-likeness (QED) is 0.692. The van der Waals surface area contributed by atoms with Crippen molar-refractivity contribution in [1.82, 2.24) is 19.8 Å². The van der Waals surface area contributed by atoms with Crippen molar-refractivity contribution >= 4 is 23.5 Å². The number of nitrogens with one attached hydrogen (secondary N) is 1. The number of amides is 2. The molecule has 2 saturated heterocycles. The predicted octanol–water partition coefficient (Wildman–Crippen LogP) is 4.18. The summed E-state index contributed by atoms with van der Waals surface area (Å²) < 4.78 is 0. The molecule has 0 radical (unpaired) electrons. The van der Waals surface area contributed by atoms with Gasteiger partial charge in [0, 0.05) is 63.5 Å². The van der Waals surface area contributed by atoms with Crippen LogP contribution in [0.5, 0.6) is 0 Å². The number of piperazine rings is 1. The van der Waals surface area contributed by atoms with Gasteiger partial charge in [-0.15, -0.1) is 0 Å². The maximum absolute atomic E-state index is 13.2. The Balaban J connectivity index is 1.37. The fraction of sp³-hybridized carbons (Fsp3) is 0.607. The third-order valence-electron chi connectivity index (χ3n) is 8.01. The van der Waals surface area contributed by atoms with Gasteiger partial charge in [0.2, 0.25) is 5.95 Å². The van der Waals surface area contributed by atoms with E-state index in [0.717, 1.165) is 80.3 Å². The minimum Gasteiger partial charge on any atom is -0.356 e. The number of fused-ring (bicyclic) bond motifs is 1. The lowest BCUT2D eigenvalue weighted by atomic mass is 9.98. The lowest BCUT2D eigenvalue weighted by Crippen LogP contribution is -2.46. The molecule has 1 N–H and O–H groups in total. The second-order valence-electron chi connectivity index (χ2n) is 11.1. The molecule has 3 aliphatic rings. The number of piperidine rings is 1. The second-order valence-corrected chi connectivity index (χ2v) is 11.1. The highest BCUT2D eigenvalue weighted by atomic mass is 16.2. The number of anilines is 3. The smallest absolute Gasteiger partial charge is 0.322 e. The Morgan fingerprint density at radius 1 is 0.944 bits per heavy atom. The van der Waals surface area contributed by atoms with Crippen LogP contribution in [0.15, 0.2) is 24.3 Å². The monoisotopic (exact) mass is 491 g/mol. The van der Waals surface area contributed by atoms with Gasteiger partial charge in [0.1, 0.15) is 5.82 Å². The third kappa shape index (κ3) is 5.43. The van der Waals surface area contributed by atoms with Crippen molar-refractivity contribution in [3.8, 4) is 0 Å². The number of carbonyl (C=O) groups excluding carboxylic acids is 1. The van der Waals surface area contributed by atoms with Crippen LogP contribution < -0.4 is 15.1 Å². The Labute approximate surface area is 215 Å². The van der Waals surface area contributed by atoms with Gasteiger partial charge in [-0.05, 0) is 49.4 Å². The van der Waals surface area contributed by atoms with E-state index >= 15 is 0 Å². The molecule has 3 aliphatic heterocycles. The van der Waals surface area contributed by atoms with E-state index in [0.29, 0.717) is 19.0 Å². The van der Waals surface area contributed by atoms with Gasteiger partial charge in [-0.1, -0.05) is 32.9 Å². The topological polar surface area (TPSA) is 67.8 Å². The Bertz CT molecular complexity index is 1050. The molecule has 8 nitrogen and oxygen atoms in total. The molecule has 0 unspecified atom stereocenters. The van der Waals surface area contributed by atoms with Crippen molar-refractivity contribution in [1.29, 1.82) is 0 Å². The van der Waals surface area contributed by atoms with Crippen molar-refractivity contribution in [2.75, 3.05) is 68.0 Å². The number of hydrogen-bond donors (Lipinski definition) is 1. The maximum atomic E-state index is 13.2. The van der Waals surface area contributed by atoms with Crippen LogP contribution in [0.1, 0.15) is 56.4 Å². The minimum atomic E-state index is -0.0562. The normalized spacial score (nSPS) is 19.5. The van der Waals surface area contributed by atoms with E-state index in [-0.39, 0.29) is 6.03 Å². The van der Waals surface area contributed by atoms with Crippen LogP contribution in [0.4, 0.5) is 22.2 Å². The van der Waals surface area contributed by atoms with Crippen LogP contribution >= 0.6 is 0 Å². The van der Waals surface area contributed by atoms with Gasteiger partial charge in [0.25, 0.3) is 0 Å². The second kappa shape index (κ2) is 10.6. The molecule has 0 atom stereocenters. The lowest BCUT2D eigenvalue weighted by Gasteiger charge is -2.38. The number of rotatable bonds is 4. The predicted molar refractivity (Wildman–Crippen MR) is 146 cm³/mol. The minimum absolute atomic E-state index is 0.0562. The summed E-state index contributed by atoms with van der Waals surface area (Å²) in [5.74, 6) is 3.12. The Hall–Kier alpha value is -2.87. The molecule has 0 aliphatic carbocycles. The van der Waals surface area contributed by atoms with Crippen LogP contribution in [-0.2, 0) is 13.0 Å². The van der Waals surface area contributed by atoms with Crippen molar-refractivity contribution in [2.45, 2.75) is 52.5 Å². The van der Waals surface area contributed by atoms with Crippen molar-refractivity contribution in [2.24, 2.45) is 5.92 Å². The fourth-order valence-corrected chi connectivity index (χ4v) is 5.34. The first-order chi connectivity index (χ1) is 17.4. The van der Waals surface area contributed by atoms with Gasteiger partial charge in [-0.2, -0.15) is 4.98 Å². The SMILES string of the molecule is CC1CCN(c2nc(N3CCN(C)CC3)nc3c2CN(C(=O)Nc2ccc(C(C)C)cc2)CC3)CC1. The molecular formula is C28H41N7O. The molecule has 2 aromatic rings. The molecule has 194 valence electrons. The molecule has 5 rings (SSSR count). The summed E-state index contributed by atoms with van der Waals surface area (Å²) in [4.78, 5) is 32.5. The molecule has 2 amide bonds. The van der Waals surface area contributed by atoms with E-state index in [4.69, 9.17) is 9.97 Å². The zero-order valence-corrected chi connectivity index (χ0v) is 22.3. The standard InChI is InChI=1S/C28H41N7O/c1-20(2)22-5-7-23(8-6-22)29-28(36)35-14-11-25-24(19-35)26(33-12-9-21(3)10-13-33)31-27(30-25)34-17-15-32(4)16-18-34/h5-8,20-21H,9-19H2,1-4H3,(H,29,36). The van der Waals surface area contributed by atoms with Crippen LogP contribution in [0.25, 0.3) is 0 Å². The van der Waals surface area contributed by atoms with Crippen LogP contribution in [0, 0.1) is 5.92 Å². The Morgan fingerprint density at radius 2 is 1.64 bits per heavy atom. The average molecular weight is 492 g/mol. The van der Waals surface area contributed by atoms with E-state index < -0.39 is 0 Å². The molecule has 1 aromatic heterocycles. The average Bonchev–Trinajstić information content (AvgIpc) is 2.89. The Kier molecular flexibility index (Phi) is 7.32. The number of carbonyl (C=O) groups is 1.